The highest BCUT2D eigenvalue weighted by Crippen LogP contribution is 2.20. The van der Waals surface area contributed by atoms with Gasteiger partial charge in [0.05, 0.1) is 10.6 Å². The zero-order chi connectivity index (χ0) is 20.0. The van der Waals surface area contributed by atoms with Crippen molar-refractivity contribution in [2.75, 3.05) is 16.6 Å². The van der Waals surface area contributed by atoms with Crippen molar-refractivity contribution in [3.05, 3.63) is 83.3 Å². The number of rotatable bonds is 7. The molecule has 0 saturated heterocycles. The maximum Gasteiger partial charge on any atom is 0.262 e. The van der Waals surface area contributed by atoms with E-state index in [1.807, 2.05) is 12.1 Å². The number of halogens is 1. The van der Waals surface area contributed by atoms with Crippen molar-refractivity contribution < 1.29 is 17.9 Å². The second kappa shape index (κ2) is 8.90. The van der Waals surface area contributed by atoms with Gasteiger partial charge in [-0.15, -0.1) is 0 Å². The summed E-state index contributed by atoms with van der Waals surface area (Å²) in [5.74, 6) is 0.216. The maximum atomic E-state index is 12.4. The van der Waals surface area contributed by atoms with Crippen LogP contribution in [0, 0.1) is 0 Å². The van der Waals surface area contributed by atoms with Gasteiger partial charge in [0, 0.05) is 10.2 Å². The Hall–Kier alpha value is -2.84. The number of hydrogen-bond acceptors (Lipinski definition) is 4. The van der Waals surface area contributed by atoms with Gasteiger partial charge in [0.25, 0.3) is 15.9 Å². The molecule has 0 aromatic heterocycles. The van der Waals surface area contributed by atoms with Gasteiger partial charge >= 0.3 is 0 Å². The van der Waals surface area contributed by atoms with Gasteiger partial charge in [0.15, 0.2) is 6.61 Å². The molecular weight excluding hydrogens is 444 g/mol. The van der Waals surface area contributed by atoms with E-state index in [0.29, 0.717) is 17.1 Å². The fourth-order valence-corrected chi connectivity index (χ4v) is 3.69. The van der Waals surface area contributed by atoms with Crippen LogP contribution in [0.25, 0.3) is 0 Å². The minimum atomic E-state index is -3.70. The molecule has 0 fully saturated rings. The SMILES string of the molecule is O=C(COc1ccc(Br)cc1)Nc1cccc(NS(=O)(=O)c2ccccc2)c1. The van der Waals surface area contributed by atoms with E-state index in [1.54, 1.807) is 48.5 Å². The van der Waals surface area contributed by atoms with Crippen LogP contribution in [0.1, 0.15) is 0 Å². The van der Waals surface area contributed by atoms with Crippen LogP contribution in [0.2, 0.25) is 0 Å². The molecule has 8 heteroatoms. The van der Waals surface area contributed by atoms with E-state index >= 15 is 0 Å². The number of sulfonamides is 1. The summed E-state index contributed by atoms with van der Waals surface area (Å²) in [5, 5.41) is 2.68. The number of ether oxygens (including phenoxy) is 1. The Bertz CT molecular complexity index is 1060. The third-order valence-electron chi connectivity index (χ3n) is 3.64. The van der Waals surface area contributed by atoms with Crippen LogP contribution in [0.3, 0.4) is 0 Å². The molecule has 0 radical (unpaired) electrons. The largest absolute Gasteiger partial charge is 0.484 e. The molecule has 0 atom stereocenters. The topological polar surface area (TPSA) is 84.5 Å². The van der Waals surface area contributed by atoms with Gasteiger partial charge in [-0.25, -0.2) is 8.42 Å². The van der Waals surface area contributed by atoms with E-state index < -0.39 is 10.0 Å². The molecule has 0 unspecified atom stereocenters. The molecule has 0 spiro atoms. The van der Waals surface area contributed by atoms with Gasteiger partial charge in [-0.05, 0) is 54.6 Å². The predicted molar refractivity (Wildman–Crippen MR) is 112 cm³/mol. The Balaban J connectivity index is 1.61. The number of hydrogen-bond donors (Lipinski definition) is 2. The van der Waals surface area contributed by atoms with Crippen LogP contribution in [0.5, 0.6) is 5.75 Å². The zero-order valence-corrected chi connectivity index (χ0v) is 17.0. The van der Waals surface area contributed by atoms with Crippen LogP contribution < -0.4 is 14.8 Å². The van der Waals surface area contributed by atoms with Gasteiger partial charge in [-0.3, -0.25) is 9.52 Å². The summed E-state index contributed by atoms with van der Waals surface area (Å²) in [6.45, 7) is -0.165. The fraction of sp³-hybridized carbons (Fsp3) is 0.0500. The van der Waals surface area contributed by atoms with Crippen molar-refractivity contribution in [1.82, 2.24) is 0 Å². The van der Waals surface area contributed by atoms with Crippen molar-refractivity contribution >= 4 is 43.2 Å². The molecule has 2 N–H and O–H groups in total. The number of anilines is 2. The minimum Gasteiger partial charge on any atom is -0.484 e. The molecular formula is C20H17BrN2O4S. The lowest BCUT2D eigenvalue weighted by molar-refractivity contribution is -0.118. The molecule has 3 aromatic rings. The van der Waals surface area contributed by atoms with Crippen molar-refractivity contribution in [3.8, 4) is 5.75 Å². The van der Waals surface area contributed by atoms with Gasteiger partial charge < -0.3 is 10.1 Å². The van der Waals surface area contributed by atoms with Crippen molar-refractivity contribution in [2.24, 2.45) is 0 Å². The lowest BCUT2D eigenvalue weighted by Gasteiger charge is -2.11. The monoisotopic (exact) mass is 460 g/mol. The van der Waals surface area contributed by atoms with E-state index in [2.05, 4.69) is 26.0 Å². The number of benzene rings is 3. The van der Waals surface area contributed by atoms with Gasteiger partial charge in [0.2, 0.25) is 0 Å². The quantitative estimate of drug-likeness (QED) is 0.551. The molecule has 3 aromatic carbocycles. The van der Waals surface area contributed by atoms with Crippen LogP contribution in [0.15, 0.2) is 88.2 Å². The van der Waals surface area contributed by atoms with E-state index in [4.69, 9.17) is 4.74 Å². The first-order valence-electron chi connectivity index (χ1n) is 8.28. The van der Waals surface area contributed by atoms with Gasteiger partial charge in [-0.2, -0.15) is 0 Å². The van der Waals surface area contributed by atoms with Gasteiger partial charge in [-0.1, -0.05) is 40.2 Å². The maximum absolute atomic E-state index is 12.4. The molecule has 144 valence electrons. The molecule has 0 heterocycles. The molecule has 0 bridgehead atoms. The molecule has 0 aliphatic rings. The Labute approximate surface area is 171 Å². The standard InChI is InChI=1S/C20H17BrN2O4S/c21-15-9-11-18(12-10-15)27-14-20(24)22-16-5-4-6-17(13-16)23-28(25,26)19-7-2-1-3-8-19/h1-13,23H,14H2,(H,22,24). The highest BCUT2D eigenvalue weighted by molar-refractivity contribution is 9.10. The van der Waals surface area contributed by atoms with Crippen molar-refractivity contribution in [3.63, 3.8) is 0 Å². The van der Waals surface area contributed by atoms with Crippen LogP contribution >= 0.6 is 15.9 Å². The first-order valence-corrected chi connectivity index (χ1v) is 10.6. The zero-order valence-electron chi connectivity index (χ0n) is 14.6. The summed E-state index contributed by atoms with van der Waals surface area (Å²) >= 11 is 3.33. The molecule has 6 nitrogen and oxygen atoms in total. The lowest BCUT2D eigenvalue weighted by Crippen LogP contribution is -2.20. The number of carbonyl (C=O) groups excluding carboxylic acids is 1. The van der Waals surface area contributed by atoms with Crippen molar-refractivity contribution in [1.29, 1.82) is 0 Å². The summed E-state index contributed by atoms with van der Waals surface area (Å²) in [6, 6.07) is 21.6. The summed E-state index contributed by atoms with van der Waals surface area (Å²) < 4.78 is 33.6. The third kappa shape index (κ3) is 5.58. The number of amides is 1. The lowest BCUT2D eigenvalue weighted by atomic mass is 10.3. The molecule has 3 rings (SSSR count). The predicted octanol–water partition coefficient (Wildman–Crippen LogP) is 4.27. The van der Waals surface area contributed by atoms with Crippen LogP contribution in [-0.4, -0.2) is 20.9 Å². The summed E-state index contributed by atoms with van der Waals surface area (Å²) in [7, 11) is -3.70. The third-order valence-corrected chi connectivity index (χ3v) is 5.56. The highest BCUT2D eigenvalue weighted by atomic mass is 79.9. The minimum absolute atomic E-state index is 0.160. The van der Waals surface area contributed by atoms with Crippen molar-refractivity contribution in [2.45, 2.75) is 4.90 Å². The fourth-order valence-electron chi connectivity index (χ4n) is 2.35. The molecule has 0 saturated carbocycles. The second-order valence-electron chi connectivity index (χ2n) is 5.79. The molecule has 0 aliphatic carbocycles. The van der Waals surface area contributed by atoms with E-state index in [9.17, 15) is 13.2 Å². The summed E-state index contributed by atoms with van der Waals surface area (Å²) in [4.78, 5) is 12.2. The Morgan fingerprint density at radius 1 is 0.893 bits per heavy atom. The Morgan fingerprint density at radius 2 is 1.57 bits per heavy atom. The normalized spacial score (nSPS) is 10.9. The molecule has 1 amide bonds. The van der Waals surface area contributed by atoms with Crippen LogP contribution in [-0.2, 0) is 14.8 Å². The van der Waals surface area contributed by atoms with E-state index in [0.717, 1.165) is 4.47 Å². The van der Waals surface area contributed by atoms with E-state index in [1.165, 1.54) is 18.2 Å². The van der Waals surface area contributed by atoms with E-state index in [-0.39, 0.29) is 17.4 Å². The number of nitrogens with one attached hydrogen (secondary N) is 2. The first-order chi connectivity index (χ1) is 13.4. The highest BCUT2D eigenvalue weighted by Gasteiger charge is 2.14. The summed E-state index contributed by atoms with van der Waals surface area (Å²) in [5.41, 5.74) is 0.799. The molecule has 28 heavy (non-hydrogen) atoms. The Morgan fingerprint density at radius 3 is 2.29 bits per heavy atom. The Kier molecular flexibility index (Phi) is 6.33. The number of carbonyl (C=O) groups is 1. The summed E-state index contributed by atoms with van der Waals surface area (Å²) in [6.07, 6.45) is 0. The van der Waals surface area contributed by atoms with Gasteiger partial charge in [0.1, 0.15) is 5.75 Å². The molecule has 0 aliphatic heterocycles. The van der Waals surface area contributed by atoms with Crippen LogP contribution in [0.4, 0.5) is 11.4 Å². The smallest absolute Gasteiger partial charge is 0.262 e. The second-order valence-corrected chi connectivity index (χ2v) is 8.39. The first kappa shape index (κ1) is 19.9. The average Bonchev–Trinajstić information content (AvgIpc) is 2.68. The average molecular weight is 461 g/mol.